The Bertz CT molecular complexity index is 165. The van der Waals surface area contributed by atoms with Crippen LogP contribution in [0.2, 0.25) is 0 Å². The van der Waals surface area contributed by atoms with Crippen LogP contribution in [0.3, 0.4) is 0 Å². The van der Waals surface area contributed by atoms with Gasteiger partial charge in [0.25, 0.3) is 5.92 Å². The zero-order valence-corrected chi connectivity index (χ0v) is 8.37. The molecular formula is C9H16F4. The smallest absolute Gasteiger partial charge is 0.247 e. The van der Waals surface area contributed by atoms with E-state index in [0.29, 0.717) is 0 Å². The van der Waals surface area contributed by atoms with Crippen molar-refractivity contribution in [3.05, 3.63) is 0 Å². The third kappa shape index (κ3) is 1.97. The summed E-state index contributed by atoms with van der Waals surface area (Å²) < 4.78 is 52.3. The average Bonchev–Trinajstić information content (AvgIpc) is 2.01. The van der Waals surface area contributed by atoms with Gasteiger partial charge in [0.15, 0.2) is 0 Å². The van der Waals surface area contributed by atoms with Crippen molar-refractivity contribution in [3.63, 3.8) is 0 Å². The predicted molar refractivity (Wildman–Crippen MR) is 44.4 cm³/mol. The fraction of sp³-hybridized carbons (Fsp3) is 1.00. The maximum Gasteiger partial charge on any atom is 0.286 e. The highest BCUT2D eigenvalue weighted by atomic mass is 19.3. The second-order valence-corrected chi connectivity index (χ2v) is 3.93. The highest BCUT2D eigenvalue weighted by Crippen LogP contribution is 2.43. The molecule has 0 saturated heterocycles. The average molecular weight is 200 g/mol. The number of halogens is 4. The van der Waals surface area contributed by atoms with E-state index < -0.39 is 30.1 Å². The van der Waals surface area contributed by atoms with Gasteiger partial charge in [0, 0.05) is 5.92 Å². The molecule has 0 rings (SSSR count). The van der Waals surface area contributed by atoms with Crippen molar-refractivity contribution in [3.8, 4) is 0 Å². The summed E-state index contributed by atoms with van der Waals surface area (Å²) in [5.41, 5.74) is -3.04. The van der Waals surface area contributed by atoms with Gasteiger partial charge in [-0.15, -0.1) is 0 Å². The molecule has 0 aliphatic heterocycles. The van der Waals surface area contributed by atoms with Crippen LogP contribution >= 0.6 is 0 Å². The number of rotatable bonds is 4. The van der Waals surface area contributed by atoms with Crippen molar-refractivity contribution < 1.29 is 17.6 Å². The van der Waals surface area contributed by atoms with E-state index >= 15 is 0 Å². The molecule has 0 bridgehead atoms. The molecule has 0 heterocycles. The number of hydrogen-bond donors (Lipinski definition) is 0. The molecule has 0 N–H and O–H groups in total. The second kappa shape index (κ2) is 3.84. The Morgan fingerprint density at radius 3 is 1.38 bits per heavy atom. The highest BCUT2D eigenvalue weighted by Gasteiger charge is 2.58. The minimum atomic E-state index is -3.62. The van der Waals surface area contributed by atoms with Crippen LogP contribution in [0.15, 0.2) is 0 Å². The Balaban J connectivity index is 4.95. The summed E-state index contributed by atoms with van der Waals surface area (Å²) >= 11 is 0. The molecule has 0 nitrogen and oxygen atoms in total. The standard InChI is InChI=1S/C9H16F4/c1-6(2)8(11,5-10)9(12,13)7(3)4/h6-7H,5H2,1-4H3. The molecule has 0 radical (unpaired) electrons. The van der Waals surface area contributed by atoms with Crippen LogP contribution in [0, 0.1) is 11.8 Å². The quantitative estimate of drug-likeness (QED) is 0.608. The molecule has 1 unspecified atom stereocenters. The van der Waals surface area contributed by atoms with E-state index in [9.17, 15) is 17.6 Å². The third-order valence-corrected chi connectivity index (χ3v) is 2.39. The first-order valence-electron chi connectivity index (χ1n) is 4.32. The monoisotopic (exact) mass is 200 g/mol. The van der Waals surface area contributed by atoms with Crippen molar-refractivity contribution in [1.82, 2.24) is 0 Å². The Kier molecular flexibility index (Phi) is 3.76. The first-order chi connectivity index (χ1) is 5.70. The molecule has 1 atom stereocenters. The van der Waals surface area contributed by atoms with Gasteiger partial charge >= 0.3 is 0 Å². The summed E-state index contributed by atoms with van der Waals surface area (Å²) in [4.78, 5) is 0. The van der Waals surface area contributed by atoms with E-state index in [1.807, 2.05) is 0 Å². The van der Waals surface area contributed by atoms with Gasteiger partial charge < -0.3 is 0 Å². The molecule has 0 aliphatic rings. The van der Waals surface area contributed by atoms with Crippen LogP contribution < -0.4 is 0 Å². The molecule has 0 aliphatic carbocycles. The molecule has 0 spiro atoms. The summed E-state index contributed by atoms with van der Waals surface area (Å²) in [7, 11) is 0. The lowest BCUT2D eigenvalue weighted by Crippen LogP contribution is -2.53. The second-order valence-electron chi connectivity index (χ2n) is 3.93. The topological polar surface area (TPSA) is 0 Å². The first-order valence-corrected chi connectivity index (χ1v) is 4.32. The predicted octanol–water partition coefficient (Wildman–Crippen LogP) is 3.61. The molecule has 0 aromatic heterocycles. The Hall–Kier alpha value is -0.280. The van der Waals surface area contributed by atoms with Gasteiger partial charge in [-0.2, -0.15) is 0 Å². The molecule has 4 heteroatoms. The third-order valence-electron chi connectivity index (χ3n) is 2.39. The SMILES string of the molecule is CC(C)C(F)(F)C(F)(CF)C(C)C. The van der Waals surface area contributed by atoms with E-state index in [2.05, 4.69) is 0 Å². The van der Waals surface area contributed by atoms with Crippen molar-refractivity contribution in [2.45, 2.75) is 39.3 Å². The van der Waals surface area contributed by atoms with Crippen LogP contribution in [-0.4, -0.2) is 18.3 Å². The lowest BCUT2D eigenvalue weighted by atomic mass is 9.82. The number of hydrogen-bond acceptors (Lipinski definition) is 0. The zero-order valence-electron chi connectivity index (χ0n) is 8.37. The van der Waals surface area contributed by atoms with Gasteiger partial charge in [0.2, 0.25) is 5.67 Å². The van der Waals surface area contributed by atoms with Gasteiger partial charge in [-0.3, -0.25) is 0 Å². The number of alkyl halides is 4. The van der Waals surface area contributed by atoms with Gasteiger partial charge in [0.1, 0.15) is 6.67 Å². The molecular weight excluding hydrogens is 184 g/mol. The summed E-state index contributed by atoms with van der Waals surface area (Å²) in [6.45, 7) is 3.25. The van der Waals surface area contributed by atoms with Crippen molar-refractivity contribution in [1.29, 1.82) is 0 Å². The molecule has 0 amide bonds. The molecule has 0 saturated carbocycles. The summed E-state index contributed by atoms with van der Waals surface area (Å²) in [5.74, 6) is -5.85. The van der Waals surface area contributed by atoms with Gasteiger partial charge in [-0.25, -0.2) is 17.6 Å². The first kappa shape index (κ1) is 12.7. The lowest BCUT2D eigenvalue weighted by Gasteiger charge is -2.36. The van der Waals surface area contributed by atoms with Crippen LogP contribution in [0.4, 0.5) is 17.6 Å². The van der Waals surface area contributed by atoms with Gasteiger partial charge in [-0.05, 0) is 5.92 Å². The Labute approximate surface area is 76.3 Å². The van der Waals surface area contributed by atoms with Crippen LogP contribution in [0.1, 0.15) is 27.7 Å². The molecule has 13 heavy (non-hydrogen) atoms. The van der Waals surface area contributed by atoms with Crippen molar-refractivity contribution in [2.75, 3.05) is 6.67 Å². The maximum absolute atomic E-state index is 13.5. The fourth-order valence-corrected chi connectivity index (χ4v) is 1.11. The Morgan fingerprint density at radius 1 is 0.923 bits per heavy atom. The van der Waals surface area contributed by atoms with E-state index in [-0.39, 0.29) is 0 Å². The molecule has 0 aromatic carbocycles. The normalized spacial score (nSPS) is 18.0. The van der Waals surface area contributed by atoms with Gasteiger partial charge in [-0.1, -0.05) is 27.7 Å². The van der Waals surface area contributed by atoms with Crippen molar-refractivity contribution in [2.24, 2.45) is 11.8 Å². The van der Waals surface area contributed by atoms with Crippen LogP contribution in [0.25, 0.3) is 0 Å². The highest BCUT2D eigenvalue weighted by molar-refractivity contribution is 4.97. The molecule has 80 valence electrons. The minimum Gasteiger partial charge on any atom is -0.247 e. The maximum atomic E-state index is 13.5. The van der Waals surface area contributed by atoms with Gasteiger partial charge in [0.05, 0.1) is 0 Å². The van der Waals surface area contributed by atoms with Crippen LogP contribution in [-0.2, 0) is 0 Å². The van der Waals surface area contributed by atoms with Crippen molar-refractivity contribution >= 4 is 0 Å². The van der Waals surface area contributed by atoms with E-state index in [0.717, 1.165) is 0 Å². The fourth-order valence-electron chi connectivity index (χ4n) is 1.11. The van der Waals surface area contributed by atoms with E-state index in [1.165, 1.54) is 27.7 Å². The van der Waals surface area contributed by atoms with Crippen LogP contribution in [0.5, 0.6) is 0 Å². The lowest BCUT2D eigenvalue weighted by molar-refractivity contribution is -0.192. The molecule has 0 aromatic rings. The summed E-state index contributed by atoms with van der Waals surface area (Å²) in [6, 6.07) is 0. The zero-order chi connectivity index (χ0) is 10.9. The summed E-state index contributed by atoms with van der Waals surface area (Å²) in [5, 5.41) is 0. The van der Waals surface area contributed by atoms with E-state index in [4.69, 9.17) is 0 Å². The molecule has 0 fully saturated rings. The largest absolute Gasteiger partial charge is 0.286 e. The Morgan fingerprint density at radius 2 is 1.31 bits per heavy atom. The summed E-state index contributed by atoms with van der Waals surface area (Å²) in [6.07, 6.45) is 0. The van der Waals surface area contributed by atoms with E-state index in [1.54, 1.807) is 0 Å². The minimum absolute atomic E-state index is 1.03.